The van der Waals surface area contributed by atoms with Crippen molar-refractivity contribution in [2.75, 3.05) is 13.6 Å². The van der Waals surface area contributed by atoms with Crippen LogP contribution >= 0.6 is 0 Å². The van der Waals surface area contributed by atoms with Crippen LogP contribution in [0.5, 0.6) is 0 Å². The van der Waals surface area contributed by atoms with E-state index in [1.807, 2.05) is 36.4 Å². The van der Waals surface area contributed by atoms with E-state index in [1.54, 1.807) is 0 Å². The molecular formula is C19H23NO. The molecule has 0 aromatic heterocycles. The van der Waals surface area contributed by atoms with Crippen molar-refractivity contribution >= 4 is 0 Å². The first kappa shape index (κ1) is 14.3. The van der Waals surface area contributed by atoms with Gasteiger partial charge in [0.25, 0.3) is 0 Å². The molecule has 0 radical (unpaired) electrons. The molecule has 21 heavy (non-hydrogen) atoms. The molecule has 0 spiro atoms. The van der Waals surface area contributed by atoms with Gasteiger partial charge in [-0.15, -0.1) is 0 Å². The first-order valence-electron chi connectivity index (χ1n) is 7.74. The van der Waals surface area contributed by atoms with Crippen molar-refractivity contribution in [1.29, 1.82) is 0 Å². The molecule has 1 aliphatic rings. The van der Waals surface area contributed by atoms with E-state index >= 15 is 0 Å². The lowest BCUT2D eigenvalue weighted by Crippen LogP contribution is -2.28. The zero-order valence-corrected chi connectivity index (χ0v) is 12.8. The van der Waals surface area contributed by atoms with E-state index < -0.39 is 5.60 Å². The van der Waals surface area contributed by atoms with Crippen LogP contribution in [-0.2, 0) is 5.60 Å². The molecule has 2 nitrogen and oxygen atoms in total. The van der Waals surface area contributed by atoms with Gasteiger partial charge >= 0.3 is 0 Å². The van der Waals surface area contributed by atoms with Crippen LogP contribution < -0.4 is 0 Å². The summed E-state index contributed by atoms with van der Waals surface area (Å²) in [6.45, 7) is 3.20. The van der Waals surface area contributed by atoms with Crippen molar-refractivity contribution in [3.8, 4) is 0 Å². The second-order valence-corrected chi connectivity index (χ2v) is 6.02. The van der Waals surface area contributed by atoms with Gasteiger partial charge in [0.1, 0.15) is 5.60 Å². The van der Waals surface area contributed by atoms with Gasteiger partial charge in [0, 0.05) is 12.6 Å². The zero-order chi connectivity index (χ0) is 14.9. The Kier molecular flexibility index (Phi) is 3.83. The minimum absolute atomic E-state index is 0.452. The van der Waals surface area contributed by atoms with Crippen molar-refractivity contribution in [2.24, 2.45) is 0 Å². The number of aliphatic hydroxyl groups is 1. The highest BCUT2D eigenvalue weighted by Crippen LogP contribution is 2.42. The lowest BCUT2D eigenvalue weighted by atomic mass is 9.80. The van der Waals surface area contributed by atoms with E-state index in [2.05, 4.69) is 37.1 Å². The average Bonchev–Trinajstić information content (AvgIpc) is 3.25. The molecule has 2 unspecified atom stereocenters. The smallest absolute Gasteiger partial charge is 0.115 e. The number of likely N-dealkylation sites (N-methyl/N-ethyl adjacent to an activating group) is 1. The zero-order valence-electron chi connectivity index (χ0n) is 12.8. The van der Waals surface area contributed by atoms with E-state index in [-0.39, 0.29) is 0 Å². The number of benzene rings is 2. The first-order valence-corrected chi connectivity index (χ1v) is 7.74. The number of hydrogen-bond acceptors (Lipinski definition) is 2. The molecule has 0 aliphatic carbocycles. The molecule has 2 heteroatoms. The third-order valence-corrected chi connectivity index (χ3v) is 4.49. The molecule has 1 fully saturated rings. The molecule has 1 saturated heterocycles. The Morgan fingerprint density at radius 3 is 2.33 bits per heavy atom. The van der Waals surface area contributed by atoms with E-state index in [1.165, 1.54) is 5.56 Å². The third-order valence-electron chi connectivity index (χ3n) is 4.49. The first-order chi connectivity index (χ1) is 10.2. The molecule has 1 heterocycles. The largest absolute Gasteiger partial charge is 0.380 e. The normalized spacial score (nSPS) is 23.6. The second-order valence-electron chi connectivity index (χ2n) is 6.02. The second kappa shape index (κ2) is 5.63. The molecular weight excluding hydrogens is 258 g/mol. The Labute approximate surface area is 127 Å². The minimum Gasteiger partial charge on any atom is -0.380 e. The quantitative estimate of drug-likeness (QED) is 0.844. The van der Waals surface area contributed by atoms with Gasteiger partial charge in [-0.3, -0.25) is 4.90 Å². The van der Waals surface area contributed by atoms with Gasteiger partial charge in [0.2, 0.25) is 0 Å². The highest BCUT2D eigenvalue weighted by Gasteiger charge is 2.39. The Hall–Kier alpha value is -1.64. The van der Waals surface area contributed by atoms with Crippen LogP contribution in [0.2, 0.25) is 0 Å². The highest BCUT2D eigenvalue weighted by molar-refractivity contribution is 5.43. The van der Waals surface area contributed by atoms with E-state index in [4.69, 9.17) is 0 Å². The van der Waals surface area contributed by atoms with Crippen LogP contribution in [0.1, 0.15) is 42.5 Å². The van der Waals surface area contributed by atoms with Crippen LogP contribution in [0.25, 0.3) is 0 Å². The van der Waals surface area contributed by atoms with Crippen molar-refractivity contribution in [3.05, 3.63) is 71.3 Å². The maximum atomic E-state index is 11.5. The topological polar surface area (TPSA) is 23.2 Å². The molecule has 0 bridgehead atoms. The summed E-state index contributed by atoms with van der Waals surface area (Å²) >= 11 is 0. The van der Waals surface area contributed by atoms with Crippen LogP contribution in [0.15, 0.2) is 54.6 Å². The molecule has 1 N–H and O–H groups in total. The average molecular weight is 281 g/mol. The SMILES string of the molecule is CCCC(O)(c1ccccc1)c1ccccc1[C@H]1CN1C. The van der Waals surface area contributed by atoms with Gasteiger partial charge in [-0.25, -0.2) is 0 Å². The Bertz CT molecular complexity index is 610. The lowest BCUT2D eigenvalue weighted by molar-refractivity contribution is 0.0691. The molecule has 0 amide bonds. The third kappa shape index (κ3) is 2.61. The van der Waals surface area contributed by atoms with Gasteiger partial charge in [-0.05, 0) is 30.2 Å². The van der Waals surface area contributed by atoms with E-state index in [0.717, 1.165) is 30.5 Å². The fourth-order valence-corrected chi connectivity index (χ4v) is 3.24. The van der Waals surface area contributed by atoms with Gasteiger partial charge < -0.3 is 5.11 Å². The summed E-state index contributed by atoms with van der Waals surface area (Å²) in [6, 6.07) is 18.9. The number of hydrogen-bond donors (Lipinski definition) is 1. The van der Waals surface area contributed by atoms with Crippen LogP contribution in [0.3, 0.4) is 0 Å². The molecule has 0 saturated carbocycles. The molecule has 110 valence electrons. The van der Waals surface area contributed by atoms with Crippen LogP contribution in [0.4, 0.5) is 0 Å². The van der Waals surface area contributed by atoms with Crippen molar-refractivity contribution < 1.29 is 5.11 Å². The molecule has 3 rings (SSSR count). The van der Waals surface area contributed by atoms with E-state index in [9.17, 15) is 5.11 Å². The molecule has 1 aliphatic heterocycles. The Balaban J connectivity index is 2.10. The number of rotatable bonds is 5. The summed E-state index contributed by atoms with van der Waals surface area (Å²) in [5.41, 5.74) is 2.42. The van der Waals surface area contributed by atoms with Gasteiger partial charge in [0.05, 0.1) is 0 Å². The van der Waals surface area contributed by atoms with Crippen molar-refractivity contribution in [2.45, 2.75) is 31.4 Å². The maximum absolute atomic E-state index is 11.5. The summed E-state index contributed by atoms with van der Waals surface area (Å²) in [5, 5.41) is 11.5. The summed E-state index contributed by atoms with van der Waals surface area (Å²) in [5.74, 6) is 0. The Morgan fingerprint density at radius 1 is 1.10 bits per heavy atom. The summed E-state index contributed by atoms with van der Waals surface area (Å²) < 4.78 is 0. The summed E-state index contributed by atoms with van der Waals surface area (Å²) in [7, 11) is 2.13. The molecule has 2 aromatic carbocycles. The van der Waals surface area contributed by atoms with Crippen molar-refractivity contribution in [1.82, 2.24) is 4.90 Å². The molecule has 3 atom stereocenters. The predicted octanol–water partition coefficient (Wildman–Crippen LogP) is 3.71. The lowest BCUT2D eigenvalue weighted by Gasteiger charge is -2.31. The number of nitrogens with zero attached hydrogens (tertiary/aromatic N) is 1. The van der Waals surface area contributed by atoms with Gasteiger partial charge in [0.15, 0.2) is 0 Å². The van der Waals surface area contributed by atoms with E-state index in [0.29, 0.717) is 6.04 Å². The van der Waals surface area contributed by atoms with Gasteiger partial charge in [-0.1, -0.05) is 67.9 Å². The summed E-state index contributed by atoms with van der Waals surface area (Å²) in [6.07, 6.45) is 1.69. The highest BCUT2D eigenvalue weighted by atomic mass is 16.3. The van der Waals surface area contributed by atoms with Gasteiger partial charge in [-0.2, -0.15) is 0 Å². The van der Waals surface area contributed by atoms with Crippen LogP contribution in [-0.4, -0.2) is 23.6 Å². The molecule has 2 aromatic rings. The monoisotopic (exact) mass is 281 g/mol. The van der Waals surface area contributed by atoms with Crippen molar-refractivity contribution in [3.63, 3.8) is 0 Å². The minimum atomic E-state index is -0.893. The fourth-order valence-electron chi connectivity index (χ4n) is 3.24. The maximum Gasteiger partial charge on any atom is 0.115 e. The van der Waals surface area contributed by atoms with Crippen LogP contribution in [0, 0.1) is 0 Å². The Morgan fingerprint density at radius 2 is 1.71 bits per heavy atom. The predicted molar refractivity (Wildman–Crippen MR) is 86.2 cm³/mol. The standard InChI is InChI=1S/C19H23NO/c1-3-13-19(21,15-9-5-4-6-10-15)17-12-8-7-11-16(17)18-14-20(18)2/h4-12,18,21H,3,13-14H2,1-2H3/t18-,19?,20?/m1/s1. The summed E-state index contributed by atoms with van der Waals surface area (Å²) in [4.78, 5) is 2.30. The fraction of sp³-hybridized carbons (Fsp3) is 0.368.